The number of amides is 3. The van der Waals surface area contributed by atoms with Gasteiger partial charge in [0.1, 0.15) is 11.6 Å². The number of imide groups is 1. The van der Waals surface area contributed by atoms with Crippen LogP contribution < -0.4 is 30.5 Å². The van der Waals surface area contributed by atoms with Gasteiger partial charge in [-0.2, -0.15) is 10.1 Å². The van der Waals surface area contributed by atoms with E-state index in [0.29, 0.717) is 60.7 Å². The average Bonchev–Trinajstić information content (AvgIpc) is 3.72. The van der Waals surface area contributed by atoms with Crippen molar-refractivity contribution in [2.75, 3.05) is 66.3 Å². The van der Waals surface area contributed by atoms with Crippen LogP contribution in [0.25, 0.3) is 11.3 Å². The highest BCUT2D eigenvalue weighted by atomic mass is 19.1. The van der Waals surface area contributed by atoms with E-state index in [0.717, 1.165) is 55.1 Å². The molecule has 2 aromatic heterocycles. The summed E-state index contributed by atoms with van der Waals surface area (Å²) in [5.74, 6) is -2.77. The number of aliphatic imine (C=N–C) groups is 1. The molecule has 3 atom stereocenters. The Kier molecular flexibility index (Phi) is 10.8. The number of nitrogens with one attached hydrogen (secondary N) is 3. The molecule has 0 spiro atoms. The molecule has 2 fully saturated rings. The number of ether oxygens (including phenoxy) is 1. The van der Waals surface area contributed by atoms with Crippen LogP contribution in [-0.2, 0) is 16.6 Å². The van der Waals surface area contributed by atoms with Gasteiger partial charge < -0.3 is 25.2 Å². The van der Waals surface area contributed by atoms with Gasteiger partial charge in [0, 0.05) is 87.0 Å². The molecule has 3 N–H and O–H groups in total. The number of halogens is 2. The first kappa shape index (κ1) is 38.9. The molecule has 8 rings (SSSR count). The number of piperidine rings is 1. The van der Waals surface area contributed by atoms with Gasteiger partial charge >= 0.3 is 0 Å². The van der Waals surface area contributed by atoms with Crippen LogP contribution in [0.1, 0.15) is 67.1 Å². The van der Waals surface area contributed by atoms with E-state index in [1.54, 1.807) is 23.0 Å². The first-order valence-corrected chi connectivity index (χ1v) is 19.9. The van der Waals surface area contributed by atoms with E-state index in [1.807, 2.05) is 20.0 Å². The van der Waals surface area contributed by atoms with Gasteiger partial charge in [0.05, 0.1) is 41.4 Å². The fraction of sp³-hybridized carbons (Fsp3) is 0.429. The summed E-state index contributed by atoms with van der Waals surface area (Å²) < 4.78 is 38.1. The van der Waals surface area contributed by atoms with Crippen molar-refractivity contribution in [2.45, 2.75) is 58.4 Å². The fourth-order valence-electron chi connectivity index (χ4n) is 8.38. The number of carbonyl (C=O) groups excluding carboxylic acids is 3. The van der Waals surface area contributed by atoms with Crippen LogP contribution in [0, 0.1) is 24.5 Å². The topological polar surface area (TPSA) is 149 Å². The molecule has 16 heteroatoms. The highest BCUT2D eigenvalue weighted by Crippen LogP contribution is 2.38. The number of carbonyl (C=O) groups is 3. The summed E-state index contributed by atoms with van der Waals surface area (Å²) in [6.07, 6.45) is 3.56. The van der Waals surface area contributed by atoms with Gasteiger partial charge in [-0.05, 0) is 81.5 Å². The molecule has 4 aliphatic rings. The number of anilines is 4. The van der Waals surface area contributed by atoms with Crippen molar-refractivity contribution >= 4 is 46.4 Å². The predicted molar refractivity (Wildman–Crippen MR) is 217 cm³/mol. The summed E-state index contributed by atoms with van der Waals surface area (Å²) in [6, 6.07) is 12.4. The van der Waals surface area contributed by atoms with Crippen LogP contribution in [0.2, 0.25) is 0 Å². The monoisotopic (exact) mass is 794 g/mol. The van der Waals surface area contributed by atoms with E-state index in [2.05, 4.69) is 66.7 Å². The van der Waals surface area contributed by atoms with E-state index >= 15 is 8.78 Å². The molecule has 58 heavy (non-hydrogen) atoms. The summed E-state index contributed by atoms with van der Waals surface area (Å²) in [5.41, 5.74) is 5.35. The number of hydrogen-bond acceptors (Lipinski definition) is 11. The second-order valence-electron chi connectivity index (χ2n) is 15.8. The number of fused-ring (bicyclic) bond motifs is 7. The standard InChI is InChI=1S/C42H48F2N10O4/c1-24-6-5-15-58-41-31(21-46-51(41)4)35-17-27(16-25(2)47-35)39(56)50-42-48-34-9-7-29(20-36(34)54(42)22-24)53-14-13-52(26(3)23-53)12-11-45-28-18-32(43)38(33(44)19-28)30-8-10-37(55)49-40(30)57/h7,9,16-21,24,26,30,45H,5-6,8,10-15,22-23H2,1-4H3,(H,48,50,56)(H,49,55,57)/t24-,26-,30-/m1/s1. The number of rotatable bonds is 6. The molecular formula is C42H48F2N10O4. The summed E-state index contributed by atoms with van der Waals surface area (Å²) >= 11 is 0. The van der Waals surface area contributed by atoms with Crippen molar-refractivity contribution in [1.29, 1.82) is 0 Å². The van der Waals surface area contributed by atoms with Gasteiger partial charge in [-0.1, -0.05) is 6.92 Å². The minimum Gasteiger partial charge on any atom is -0.477 e. The Labute approximate surface area is 335 Å². The Bertz CT molecular complexity index is 2270. The number of piperazine rings is 1. The van der Waals surface area contributed by atoms with Crippen LogP contribution in [0.15, 0.2) is 53.7 Å². The van der Waals surface area contributed by atoms with E-state index in [1.165, 1.54) is 12.1 Å². The normalized spacial score (nSPS) is 22.3. The highest BCUT2D eigenvalue weighted by Gasteiger charge is 2.33. The molecule has 6 heterocycles. The molecule has 304 valence electrons. The minimum atomic E-state index is -1.03. The maximum Gasteiger partial charge on any atom is 0.280 e. The number of nitrogens with zero attached hydrogens (tertiary/aromatic N) is 7. The molecule has 2 bridgehead atoms. The second kappa shape index (κ2) is 16.2. The van der Waals surface area contributed by atoms with E-state index in [4.69, 9.17) is 9.72 Å². The number of hydrogen-bond donors (Lipinski definition) is 3. The summed E-state index contributed by atoms with van der Waals surface area (Å²) in [5, 5.41) is 13.1. The predicted octanol–water partition coefficient (Wildman–Crippen LogP) is 5.45. The Balaban J connectivity index is 0.941. The number of aryl methyl sites for hydroxylation is 2. The second-order valence-corrected chi connectivity index (χ2v) is 15.8. The summed E-state index contributed by atoms with van der Waals surface area (Å²) in [4.78, 5) is 53.7. The number of benzene rings is 2. The zero-order valence-electron chi connectivity index (χ0n) is 33.1. The molecule has 4 aromatic rings. The quantitative estimate of drug-likeness (QED) is 0.214. The Morgan fingerprint density at radius 2 is 1.79 bits per heavy atom. The molecule has 0 unspecified atom stereocenters. The lowest BCUT2D eigenvalue weighted by Gasteiger charge is -2.41. The average molecular weight is 795 g/mol. The van der Waals surface area contributed by atoms with Crippen LogP contribution in [0.3, 0.4) is 0 Å². The van der Waals surface area contributed by atoms with Gasteiger partial charge in [-0.3, -0.25) is 29.6 Å². The van der Waals surface area contributed by atoms with Crippen molar-refractivity contribution in [2.24, 2.45) is 18.0 Å². The smallest absolute Gasteiger partial charge is 0.280 e. The molecule has 4 aliphatic heterocycles. The molecule has 0 saturated carbocycles. The first-order valence-electron chi connectivity index (χ1n) is 19.9. The fourth-order valence-corrected chi connectivity index (χ4v) is 8.38. The maximum absolute atomic E-state index is 15.1. The van der Waals surface area contributed by atoms with Gasteiger partial charge in [0.2, 0.25) is 23.7 Å². The minimum absolute atomic E-state index is 0.0414. The maximum atomic E-state index is 15.1. The van der Waals surface area contributed by atoms with Gasteiger partial charge in [-0.25, -0.2) is 13.5 Å². The third-order valence-corrected chi connectivity index (χ3v) is 11.4. The zero-order chi connectivity index (χ0) is 40.7. The van der Waals surface area contributed by atoms with Crippen molar-refractivity contribution in [3.8, 4) is 17.1 Å². The van der Waals surface area contributed by atoms with Crippen molar-refractivity contribution in [3.05, 3.63) is 77.1 Å². The van der Waals surface area contributed by atoms with Crippen LogP contribution in [0.5, 0.6) is 5.88 Å². The highest BCUT2D eigenvalue weighted by molar-refractivity contribution is 6.19. The first-order chi connectivity index (χ1) is 27.9. The van der Waals surface area contributed by atoms with Crippen LogP contribution >= 0.6 is 0 Å². The lowest BCUT2D eigenvalue weighted by molar-refractivity contribution is -0.134. The van der Waals surface area contributed by atoms with Gasteiger partial charge in [0.25, 0.3) is 5.91 Å². The zero-order valence-corrected chi connectivity index (χ0v) is 33.1. The van der Waals surface area contributed by atoms with E-state index in [-0.39, 0.29) is 36.3 Å². The lowest BCUT2D eigenvalue weighted by atomic mass is 9.89. The molecule has 3 amide bonds. The number of guanidine groups is 1. The Morgan fingerprint density at radius 1 is 0.983 bits per heavy atom. The van der Waals surface area contributed by atoms with Crippen molar-refractivity contribution < 1.29 is 27.9 Å². The molecule has 2 saturated heterocycles. The lowest BCUT2D eigenvalue weighted by Crippen LogP contribution is -2.53. The molecule has 14 nitrogen and oxygen atoms in total. The molecular weight excluding hydrogens is 747 g/mol. The third kappa shape index (κ3) is 7.97. The van der Waals surface area contributed by atoms with Crippen LogP contribution in [0.4, 0.5) is 31.5 Å². The van der Waals surface area contributed by atoms with Crippen molar-refractivity contribution in [1.82, 2.24) is 25.0 Å². The third-order valence-electron chi connectivity index (χ3n) is 11.4. The van der Waals surface area contributed by atoms with Gasteiger partial charge in [-0.15, -0.1) is 0 Å². The Hall–Kier alpha value is -5.90. The van der Waals surface area contributed by atoms with E-state index < -0.39 is 29.4 Å². The van der Waals surface area contributed by atoms with E-state index in [9.17, 15) is 14.4 Å². The SMILES string of the molecule is Cc1cc2cc(n1)-c1cnn(C)c1OCCC[C@@H](C)CN1/C(=N/C2=O)Nc2ccc(N3CCN(CCNc4cc(F)c([C@H]5CCC(=O)NC5=O)c(F)c4)[C@H](C)C3)cc21. The largest absolute Gasteiger partial charge is 0.477 e. The number of aromatic nitrogens is 3. The number of pyridine rings is 1. The molecule has 0 radical (unpaired) electrons. The Morgan fingerprint density at radius 3 is 2.57 bits per heavy atom. The molecule has 0 aliphatic carbocycles. The summed E-state index contributed by atoms with van der Waals surface area (Å²) in [6.45, 7) is 10.9. The van der Waals surface area contributed by atoms with Gasteiger partial charge in [0.15, 0.2) is 0 Å². The van der Waals surface area contributed by atoms with Crippen molar-refractivity contribution in [3.63, 3.8) is 0 Å². The molecule has 2 aromatic carbocycles. The summed E-state index contributed by atoms with van der Waals surface area (Å²) in [7, 11) is 1.83. The van der Waals surface area contributed by atoms with Crippen LogP contribution in [-0.4, -0.2) is 95.3 Å².